The Kier molecular flexibility index (Phi) is 2.69. The Bertz CT molecular complexity index is 345. The van der Waals surface area contributed by atoms with Crippen LogP contribution in [-0.2, 0) is 0 Å². The van der Waals surface area contributed by atoms with Crippen molar-refractivity contribution in [2.75, 3.05) is 7.11 Å². The Hall–Kier alpha value is -1.77. The van der Waals surface area contributed by atoms with Gasteiger partial charge >= 0.3 is 0 Å². The van der Waals surface area contributed by atoms with Crippen LogP contribution in [0.4, 0.5) is 5.69 Å². The van der Waals surface area contributed by atoms with E-state index in [1.807, 2.05) is 0 Å². The third-order valence-corrected chi connectivity index (χ3v) is 1.68. The molecule has 0 radical (unpaired) electrons. The highest BCUT2D eigenvalue weighted by atomic mass is 16.5. The summed E-state index contributed by atoms with van der Waals surface area (Å²) in [4.78, 5) is 3.74. The highest BCUT2D eigenvalue weighted by molar-refractivity contribution is 5.71. The van der Waals surface area contributed by atoms with Crippen LogP contribution in [0.25, 0.3) is 5.76 Å². The summed E-state index contributed by atoms with van der Waals surface area (Å²) >= 11 is 0. The normalized spacial score (nSPS) is 9.31. The van der Waals surface area contributed by atoms with Crippen LogP contribution in [0, 0.1) is 0 Å². The molecule has 0 heterocycles. The standard InChI is InChI=1S/C10H11NO2/c1-7(12)9-6-8(13-3)4-5-10(9)11-2/h4-6,12H,1-2H2,3H3. The minimum Gasteiger partial charge on any atom is -0.508 e. The monoisotopic (exact) mass is 177 g/mol. The van der Waals surface area contributed by atoms with Crippen LogP contribution in [0.2, 0.25) is 0 Å². The van der Waals surface area contributed by atoms with Crippen LogP contribution < -0.4 is 4.74 Å². The van der Waals surface area contributed by atoms with E-state index in [1.165, 1.54) is 0 Å². The Balaban J connectivity index is 3.25. The highest BCUT2D eigenvalue weighted by Gasteiger charge is 2.04. The number of methoxy groups -OCH3 is 1. The second kappa shape index (κ2) is 3.76. The van der Waals surface area contributed by atoms with Gasteiger partial charge in [-0.25, -0.2) is 0 Å². The van der Waals surface area contributed by atoms with Crippen LogP contribution in [0.5, 0.6) is 5.75 Å². The van der Waals surface area contributed by atoms with E-state index in [2.05, 4.69) is 18.3 Å². The van der Waals surface area contributed by atoms with Crippen LogP contribution in [-0.4, -0.2) is 18.9 Å². The maximum Gasteiger partial charge on any atom is 0.119 e. The first-order chi connectivity index (χ1) is 6.19. The Labute approximate surface area is 77.0 Å². The molecular weight excluding hydrogens is 166 g/mol. The number of hydrogen-bond acceptors (Lipinski definition) is 3. The van der Waals surface area contributed by atoms with Crippen molar-refractivity contribution in [3.8, 4) is 5.75 Å². The number of hydrogen-bond donors (Lipinski definition) is 1. The molecule has 0 saturated carbocycles. The van der Waals surface area contributed by atoms with Crippen molar-refractivity contribution in [1.82, 2.24) is 0 Å². The summed E-state index contributed by atoms with van der Waals surface area (Å²) in [5.74, 6) is 0.610. The van der Waals surface area contributed by atoms with Gasteiger partial charge in [0.25, 0.3) is 0 Å². The number of nitrogens with zero attached hydrogens (tertiary/aromatic N) is 1. The van der Waals surface area contributed by atoms with E-state index in [4.69, 9.17) is 4.74 Å². The van der Waals surface area contributed by atoms with Gasteiger partial charge in [-0.15, -0.1) is 0 Å². The number of ether oxygens (including phenoxy) is 1. The summed E-state index contributed by atoms with van der Waals surface area (Å²) in [6, 6.07) is 5.12. The van der Waals surface area contributed by atoms with Crippen molar-refractivity contribution in [3.63, 3.8) is 0 Å². The SMILES string of the molecule is C=Nc1ccc(OC)cc1C(=C)O. The van der Waals surface area contributed by atoms with Gasteiger partial charge in [0.2, 0.25) is 0 Å². The van der Waals surface area contributed by atoms with Gasteiger partial charge in [-0.2, -0.15) is 0 Å². The van der Waals surface area contributed by atoms with Crippen molar-refractivity contribution >= 4 is 18.2 Å². The minimum atomic E-state index is -0.0405. The molecular formula is C10H11NO2. The van der Waals surface area contributed by atoms with E-state index in [0.29, 0.717) is 17.0 Å². The molecule has 0 aromatic heterocycles. The molecule has 0 spiro atoms. The first kappa shape index (κ1) is 9.32. The maximum atomic E-state index is 9.22. The van der Waals surface area contributed by atoms with E-state index in [-0.39, 0.29) is 5.76 Å². The lowest BCUT2D eigenvalue weighted by Gasteiger charge is -2.05. The molecule has 3 heteroatoms. The summed E-state index contributed by atoms with van der Waals surface area (Å²) < 4.78 is 4.99. The van der Waals surface area contributed by atoms with Crippen molar-refractivity contribution in [2.45, 2.75) is 0 Å². The topological polar surface area (TPSA) is 41.8 Å². The number of aliphatic imine (C=N–C) groups is 1. The van der Waals surface area contributed by atoms with Gasteiger partial charge in [-0.05, 0) is 24.9 Å². The number of benzene rings is 1. The third-order valence-electron chi connectivity index (χ3n) is 1.68. The van der Waals surface area contributed by atoms with Gasteiger partial charge in [0.1, 0.15) is 11.5 Å². The molecule has 0 bridgehead atoms. The molecule has 0 aliphatic rings. The Morgan fingerprint density at radius 3 is 2.69 bits per heavy atom. The molecule has 0 saturated heterocycles. The molecule has 0 atom stereocenters. The number of aliphatic hydroxyl groups excluding tert-OH is 1. The summed E-state index contributed by atoms with van der Waals surface area (Å²) in [6.07, 6.45) is 0. The molecule has 0 aliphatic carbocycles. The summed E-state index contributed by atoms with van der Waals surface area (Å²) in [5.41, 5.74) is 1.13. The van der Waals surface area contributed by atoms with E-state index >= 15 is 0 Å². The molecule has 0 amide bonds. The van der Waals surface area contributed by atoms with Crippen molar-refractivity contribution in [2.24, 2.45) is 4.99 Å². The van der Waals surface area contributed by atoms with Crippen molar-refractivity contribution in [1.29, 1.82) is 0 Å². The quantitative estimate of drug-likeness (QED) is 0.569. The van der Waals surface area contributed by atoms with E-state index in [9.17, 15) is 5.11 Å². The lowest BCUT2D eigenvalue weighted by molar-refractivity contribution is 0.414. The zero-order chi connectivity index (χ0) is 9.84. The Morgan fingerprint density at radius 1 is 1.54 bits per heavy atom. The molecule has 13 heavy (non-hydrogen) atoms. The Morgan fingerprint density at radius 2 is 2.23 bits per heavy atom. The smallest absolute Gasteiger partial charge is 0.119 e. The molecule has 1 aromatic carbocycles. The summed E-state index contributed by atoms with van der Waals surface area (Å²) in [6.45, 7) is 6.81. The molecule has 0 aliphatic heterocycles. The summed E-state index contributed by atoms with van der Waals surface area (Å²) in [5, 5.41) is 9.22. The van der Waals surface area contributed by atoms with Gasteiger partial charge in [0.15, 0.2) is 0 Å². The van der Waals surface area contributed by atoms with Crippen LogP contribution in [0.3, 0.4) is 0 Å². The third kappa shape index (κ3) is 1.87. The summed E-state index contributed by atoms with van der Waals surface area (Å²) in [7, 11) is 1.56. The molecule has 0 unspecified atom stereocenters. The maximum absolute atomic E-state index is 9.22. The molecule has 3 nitrogen and oxygen atoms in total. The number of aliphatic hydroxyl groups is 1. The zero-order valence-electron chi connectivity index (χ0n) is 7.45. The zero-order valence-corrected chi connectivity index (χ0v) is 7.45. The average molecular weight is 177 g/mol. The fourth-order valence-electron chi connectivity index (χ4n) is 1.01. The molecule has 0 fully saturated rings. The first-order valence-corrected chi connectivity index (χ1v) is 3.72. The highest BCUT2D eigenvalue weighted by Crippen LogP contribution is 2.27. The predicted octanol–water partition coefficient (Wildman–Crippen LogP) is 2.56. The van der Waals surface area contributed by atoms with E-state index < -0.39 is 0 Å². The van der Waals surface area contributed by atoms with Gasteiger partial charge < -0.3 is 9.84 Å². The second-order valence-corrected chi connectivity index (χ2v) is 2.49. The van der Waals surface area contributed by atoms with Crippen molar-refractivity contribution < 1.29 is 9.84 Å². The fourth-order valence-corrected chi connectivity index (χ4v) is 1.01. The minimum absolute atomic E-state index is 0.0405. The largest absolute Gasteiger partial charge is 0.508 e. The lowest BCUT2D eigenvalue weighted by atomic mass is 10.1. The molecule has 1 aromatic rings. The van der Waals surface area contributed by atoms with E-state index in [1.54, 1.807) is 25.3 Å². The van der Waals surface area contributed by atoms with E-state index in [0.717, 1.165) is 0 Å². The lowest BCUT2D eigenvalue weighted by Crippen LogP contribution is -1.86. The van der Waals surface area contributed by atoms with Gasteiger partial charge in [0, 0.05) is 5.56 Å². The van der Waals surface area contributed by atoms with Crippen LogP contribution in [0.1, 0.15) is 5.56 Å². The van der Waals surface area contributed by atoms with Crippen LogP contribution >= 0.6 is 0 Å². The molecule has 1 rings (SSSR count). The van der Waals surface area contributed by atoms with Crippen LogP contribution in [0.15, 0.2) is 29.8 Å². The first-order valence-electron chi connectivity index (χ1n) is 3.72. The second-order valence-electron chi connectivity index (χ2n) is 2.49. The molecule has 1 N–H and O–H groups in total. The average Bonchev–Trinajstić information content (AvgIpc) is 2.16. The fraction of sp³-hybridized carbons (Fsp3) is 0.100. The van der Waals surface area contributed by atoms with Gasteiger partial charge in [-0.1, -0.05) is 6.58 Å². The van der Waals surface area contributed by atoms with Gasteiger partial charge in [0.05, 0.1) is 12.8 Å². The predicted molar refractivity (Wildman–Crippen MR) is 53.9 cm³/mol. The number of rotatable bonds is 3. The van der Waals surface area contributed by atoms with Crippen molar-refractivity contribution in [3.05, 3.63) is 30.3 Å². The van der Waals surface area contributed by atoms with Gasteiger partial charge in [-0.3, -0.25) is 4.99 Å². The molecule has 68 valence electrons.